The summed E-state index contributed by atoms with van der Waals surface area (Å²) < 4.78 is 5.88. The number of carboxylic acids is 1. The number of nitrogens with zero attached hydrogens (tertiary/aromatic N) is 4. The van der Waals surface area contributed by atoms with E-state index in [1.807, 2.05) is 78.9 Å². The summed E-state index contributed by atoms with van der Waals surface area (Å²) in [5.41, 5.74) is 3.74. The van der Waals surface area contributed by atoms with Crippen molar-refractivity contribution in [2.24, 2.45) is 0 Å². The fourth-order valence-corrected chi connectivity index (χ4v) is 5.60. The summed E-state index contributed by atoms with van der Waals surface area (Å²) in [5, 5.41) is 19.1. The van der Waals surface area contributed by atoms with E-state index in [0.29, 0.717) is 18.2 Å². The van der Waals surface area contributed by atoms with E-state index in [9.17, 15) is 9.90 Å². The van der Waals surface area contributed by atoms with E-state index >= 15 is 0 Å². The molecule has 0 aromatic heterocycles. The van der Waals surface area contributed by atoms with Gasteiger partial charge in [-0.25, -0.2) is 0 Å². The second-order valence-electron chi connectivity index (χ2n) is 10.0. The van der Waals surface area contributed by atoms with Crippen molar-refractivity contribution in [1.29, 1.82) is 5.26 Å². The fourth-order valence-electron chi connectivity index (χ4n) is 5.60. The number of benzene rings is 3. The number of hydrogen-bond donors (Lipinski definition) is 1. The number of rotatable bonds is 8. The molecule has 0 saturated carbocycles. The van der Waals surface area contributed by atoms with Crippen LogP contribution in [0.1, 0.15) is 35.6 Å². The number of nitriles is 1. The van der Waals surface area contributed by atoms with Crippen LogP contribution in [0.5, 0.6) is 5.75 Å². The lowest BCUT2D eigenvalue weighted by atomic mass is 9.97. The van der Waals surface area contributed by atoms with E-state index < -0.39 is 12.0 Å². The van der Waals surface area contributed by atoms with Crippen molar-refractivity contribution in [2.45, 2.75) is 31.5 Å². The van der Waals surface area contributed by atoms with Gasteiger partial charge in [0.25, 0.3) is 0 Å². The molecule has 0 bridgehead atoms. The summed E-state index contributed by atoms with van der Waals surface area (Å²) in [6, 6.07) is 27.3. The van der Waals surface area contributed by atoms with E-state index in [-0.39, 0.29) is 0 Å². The Balaban J connectivity index is 1.12. The molecule has 7 heteroatoms. The number of carbonyl (C=O) groups is 1. The number of ether oxygens (including phenoxy) is 1. The smallest absolute Gasteiger partial charge is 0.325 e. The van der Waals surface area contributed by atoms with Gasteiger partial charge in [-0.05, 0) is 60.4 Å². The van der Waals surface area contributed by atoms with Gasteiger partial charge in [0.1, 0.15) is 18.4 Å². The Morgan fingerprint density at radius 3 is 2.16 bits per heavy atom. The topological polar surface area (TPSA) is 80.0 Å². The van der Waals surface area contributed by atoms with Crippen molar-refractivity contribution in [2.75, 3.05) is 44.2 Å². The van der Waals surface area contributed by atoms with Gasteiger partial charge in [0.05, 0.1) is 11.6 Å². The maximum atomic E-state index is 12.3. The summed E-state index contributed by atoms with van der Waals surface area (Å²) in [6.07, 6.45) is 1.94. The number of hydrogen-bond acceptors (Lipinski definition) is 6. The first-order chi connectivity index (χ1) is 18.6. The Morgan fingerprint density at radius 2 is 1.55 bits per heavy atom. The van der Waals surface area contributed by atoms with Crippen molar-refractivity contribution < 1.29 is 14.6 Å². The van der Waals surface area contributed by atoms with Crippen LogP contribution < -0.4 is 9.64 Å². The largest absolute Gasteiger partial charge is 0.489 e. The van der Waals surface area contributed by atoms with Crippen LogP contribution in [0.25, 0.3) is 0 Å². The average Bonchev–Trinajstić information content (AvgIpc) is 2.98. The Hall–Kier alpha value is -3.86. The molecular formula is C31H34N4O3. The second-order valence-corrected chi connectivity index (χ2v) is 10.0. The number of likely N-dealkylation sites (tertiary alicyclic amines) is 1. The van der Waals surface area contributed by atoms with Gasteiger partial charge in [0, 0.05) is 51.0 Å². The Labute approximate surface area is 224 Å². The zero-order valence-electron chi connectivity index (χ0n) is 21.6. The molecule has 3 aromatic carbocycles. The van der Waals surface area contributed by atoms with Gasteiger partial charge >= 0.3 is 5.97 Å². The van der Waals surface area contributed by atoms with Crippen LogP contribution in [0.4, 0.5) is 5.69 Å². The molecule has 2 aliphatic rings. The van der Waals surface area contributed by atoms with Gasteiger partial charge in [-0.1, -0.05) is 42.5 Å². The van der Waals surface area contributed by atoms with Crippen LogP contribution in [-0.4, -0.2) is 66.2 Å². The molecule has 5 rings (SSSR count). The second kappa shape index (κ2) is 12.1. The van der Waals surface area contributed by atoms with Gasteiger partial charge in [-0.2, -0.15) is 5.26 Å². The average molecular weight is 511 g/mol. The highest BCUT2D eigenvalue weighted by molar-refractivity contribution is 5.75. The molecule has 1 unspecified atom stereocenters. The molecule has 2 aliphatic heterocycles. The minimum Gasteiger partial charge on any atom is -0.489 e. The SMILES string of the molecule is N#Cc1ccc(N2CCN(C3CCN(C(C(=O)O)c4ccc(OCc5ccccc5)cc4)CC3)CC2)cc1. The summed E-state index contributed by atoms with van der Waals surface area (Å²) in [4.78, 5) is 19.3. The molecule has 38 heavy (non-hydrogen) atoms. The molecule has 196 valence electrons. The third-order valence-corrected chi connectivity index (χ3v) is 7.73. The van der Waals surface area contributed by atoms with Crippen molar-refractivity contribution in [3.05, 3.63) is 95.6 Å². The molecule has 0 amide bonds. The maximum Gasteiger partial charge on any atom is 0.325 e. The lowest BCUT2D eigenvalue weighted by molar-refractivity contribution is -0.144. The first-order valence-electron chi connectivity index (χ1n) is 13.3. The lowest BCUT2D eigenvalue weighted by Crippen LogP contribution is -2.54. The minimum absolute atomic E-state index is 0.484. The fraction of sp³-hybridized carbons (Fsp3) is 0.355. The van der Waals surface area contributed by atoms with Crippen LogP contribution in [0.3, 0.4) is 0 Å². The maximum absolute atomic E-state index is 12.3. The predicted molar refractivity (Wildman–Crippen MR) is 147 cm³/mol. The molecule has 7 nitrogen and oxygen atoms in total. The monoisotopic (exact) mass is 510 g/mol. The van der Waals surface area contributed by atoms with Crippen LogP contribution >= 0.6 is 0 Å². The summed E-state index contributed by atoms with van der Waals surface area (Å²) in [6.45, 7) is 5.94. The van der Waals surface area contributed by atoms with Crippen molar-refractivity contribution in [3.63, 3.8) is 0 Å². The van der Waals surface area contributed by atoms with Crippen LogP contribution in [0, 0.1) is 11.3 Å². The number of carboxylic acid groups (broad SMARTS) is 1. The van der Waals surface area contributed by atoms with Gasteiger partial charge < -0.3 is 14.7 Å². The van der Waals surface area contributed by atoms with Gasteiger partial charge in [0.15, 0.2) is 0 Å². The number of anilines is 1. The van der Waals surface area contributed by atoms with E-state index in [1.54, 1.807) is 0 Å². The highest BCUT2D eigenvalue weighted by Gasteiger charge is 2.33. The zero-order valence-corrected chi connectivity index (χ0v) is 21.6. The molecule has 2 fully saturated rings. The Bertz CT molecular complexity index is 1220. The molecular weight excluding hydrogens is 476 g/mol. The van der Waals surface area contributed by atoms with Crippen molar-refractivity contribution >= 4 is 11.7 Å². The van der Waals surface area contributed by atoms with E-state index in [1.165, 1.54) is 5.69 Å². The van der Waals surface area contributed by atoms with E-state index in [0.717, 1.165) is 69.0 Å². The summed E-state index contributed by atoms with van der Waals surface area (Å²) in [7, 11) is 0. The Morgan fingerprint density at radius 1 is 0.895 bits per heavy atom. The molecule has 0 aliphatic carbocycles. The lowest BCUT2D eigenvalue weighted by Gasteiger charge is -2.44. The van der Waals surface area contributed by atoms with Crippen LogP contribution in [0.15, 0.2) is 78.9 Å². The van der Waals surface area contributed by atoms with Crippen LogP contribution in [-0.2, 0) is 11.4 Å². The van der Waals surface area contributed by atoms with Gasteiger partial charge in [-0.3, -0.25) is 14.6 Å². The minimum atomic E-state index is -0.808. The van der Waals surface area contributed by atoms with Gasteiger partial charge in [0.2, 0.25) is 0 Å². The third kappa shape index (κ3) is 6.16. The normalized spacial score (nSPS) is 18.0. The number of aliphatic carboxylic acids is 1. The molecule has 2 saturated heterocycles. The molecule has 3 aromatic rings. The number of piperazine rings is 1. The first-order valence-corrected chi connectivity index (χ1v) is 13.3. The van der Waals surface area contributed by atoms with Crippen molar-refractivity contribution in [1.82, 2.24) is 9.80 Å². The zero-order chi connectivity index (χ0) is 26.3. The molecule has 1 N–H and O–H groups in total. The number of piperidine rings is 1. The van der Waals surface area contributed by atoms with E-state index in [4.69, 9.17) is 10.00 Å². The molecule has 2 heterocycles. The van der Waals surface area contributed by atoms with Crippen molar-refractivity contribution in [3.8, 4) is 11.8 Å². The van der Waals surface area contributed by atoms with Crippen LogP contribution in [0.2, 0.25) is 0 Å². The quantitative estimate of drug-likeness (QED) is 0.476. The first kappa shape index (κ1) is 25.8. The predicted octanol–water partition coefficient (Wildman–Crippen LogP) is 4.55. The summed E-state index contributed by atoms with van der Waals surface area (Å²) >= 11 is 0. The standard InChI is InChI=1S/C31H34N4O3/c32-22-24-6-10-27(11-7-24)33-18-20-34(21-19-33)28-14-16-35(17-15-28)30(31(36)37)26-8-12-29(13-9-26)38-23-25-4-2-1-3-5-25/h1-13,28,30H,14-21,23H2,(H,36,37). The third-order valence-electron chi connectivity index (χ3n) is 7.73. The summed E-state index contributed by atoms with van der Waals surface area (Å²) in [5.74, 6) is -0.0713. The molecule has 0 radical (unpaired) electrons. The van der Waals surface area contributed by atoms with E-state index in [2.05, 4.69) is 20.8 Å². The van der Waals surface area contributed by atoms with Gasteiger partial charge in [-0.15, -0.1) is 0 Å². The molecule has 1 atom stereocenters. The molecule has 0 spiro atoms. The Kier molecular flexibility index (Phi) is 8.22. The highest BCUT2D eigenvalue weighted by atomic mass is 16.5. The highest BCUT2D eigenvalue weighted by Crippen LogP contribution is 2.29.